The van der Waals surface area contributed by atoms with E-state index in [-0.39, 0.29) is 0 Å². The summed E-state index contributed by atoms with van der Waals surface area (Å²) in [6, 6.07) is 14.0. The van der Waals surface area contributed by atoms with Crippen molar-refractivity contribution in [2.24, 2.45) is 4.99 Å². The Morgan fingerprint density at radius 1 is 0.905 bits per heavy atom. The van der Waals surface area contributed by atoms with Crippen molar-refractivity contribution in [3.63, 3.8) is 0 Å². The van der Waals surface area contributed by atoms with E-state index >= 15 is 0 Å². The first kappa shape index (κ1) is 15.1. The van der Waals surface area contributed by atoms with Gasteiger partial charge in [0.1, 0.15) is 0 Å². The summed E-state index contributed by atoms with van der Waals surface area (Å²) in [5.74, 6) is 1.53. The molecule has 0 aliphatic rings. The summed E-state index contributed by atoms with van der Waals surface area (Å²) in [5.41, 5.74) is 3.16. The van der Waals surface area contributed by atoms with Crippen LogP contribution in [-0.4, -0.2) is 19.4 Å². The molecule has 0 atom stereocenters. The molecule has 0 saturated heterocycles. The predicted molar refractivity (Wildman–Crippen MR) is 87.2 cm³/mol. The van der Waals surface area contributed by atoms with Crippen LogP contribution < -0.4 is 9.47 Å². The van der Waals surface area contributed by atoms with Crippen molar-refractivity contribution in [1.29, 1.82) is 0 Å². The maximum Gasteiger partial charge on any atom is 0.161 e. The van der Waals surface area contributed by atoms with E-state index in [4.69, 9.17) is 9.47 Å². The fraction of sp³-hybridized carbons (Fsp3) is 0.278. The lowest BCUT2D eigenvalue weighted by molar-refractivity contribution is 0.288. The highest BCUT2D eigenvalue weighted by Crippen LogP contribution is 2.28. The van der Waals surface area contributed by atoms with Gasteiger partial charge >= 0.3 is 0 Å². The average Bonchev–Trinajstić information content (AvgIpc) is 2.49. The third-order valence-electron chi connectivity index (χ3n) is 2.96. The maximum absolute atomic E-state index is 5.61. The van der Waals surface area contributed by atoms with E-state index < -0.39 is 0 Å². The monoisotopic (exact) mass is 283 g/mol. The quantitative estimate of drug-likeness (QED) is 0.728. The van der Waals surface area contributed by atoms with E-state index in [1.807, 2.05) is 50.4 Å². The second-order valence-corrected chi connectivity index (χ2v) is 4.67. The van der Waals surface area contributed by atoms with Crippen LogP contribution in [0.5, 0.6) is 11.5 Å². The van der Waals surface area contributed by atoms with Gasteiger partial charge in [-0.1, -0.05) is 17.7 Å². The van der Waals surface area contributed by atoms with Gasteiger partial charge in [0.2, 0.25) is 0 Å². The summed E-state index contributed by atoms with van der Waals surface area (Å²) in [6.45, 7) is 7.22. The third-order valence-corrected chi connectivity index (χ3v) is 2.96. The van der Waals surface area contributed by atoms with Crippen LogP contribution in [0.1, 0.15) is 25.0 Å². The summed E-state index contributed by atoms with van der Waals surface area (Å²) in [5, 5.41) is 0. The van der Waals surface area contributed by atoms with Crippen molar-refractivity contribution in [1.82, 2.24) is 0 Å². The molecule has 0 radical (unpaired) electrons. The van der Waals surface area contributed by atoms with Crippen LogP contribution >= 0.6 is 0 Å². The molecule has 0 aromatic heterocycles. The van der Waals surface area contributed by atoms with Crippen LogP contribution in [0.2, 0.25) is 0 Å². The molecule has 0 aliphatic carbocycles. The van der Waals surface area contributed by atoms with E-state index in [0.717, 1.165) is 22.7 Å². The molecule has 0 unspecified atom stereocenters. The van der Waals surface area contributed by atoms with Gasteiger partial charge in [-0.3, -0.25) is 4.99 Å². The highest BCUT2D eigenvalue weighted by atomic mass is 16.5. The van der Waals surface area contributed by atoms with Gasteiger partial charge < -0.3 is 9.47 Å². The number of hydrogen-bond acceptors (Lipinski definition) is 3. The third kappa shape index (κ3) is 4.35. The largest absolute Gasteiger partial charge is 0.490 e. The smallest absolute Gasteiger partial charge is 0.161 e. The first-order valence-electron chi connectivity index (χ1n) is 7.23. The molecule has 21 heavy (non-hydrogen) atoms. The maximum atomic E-state index is 5.61. The predicted octanol–water partition coefficient (Wildman–Crippen LogP) is 4.54. The molecule has 0 spiro atoms. The van der Waals surface area contributed by atoms with Crippen molar-refractivity contribution in [3.8, 4) is 11.5 Å². The van der Waals surface area contributed by atoms with E-state index in [9.17, 15) is 0 Å². The van der Waals surface area contributed by atoms with Crippen molar-refractivity contribution < 1.29 is 9.47 Å². The lowest BCUT2D eigenvalue weighted by Crippen LogP contribution is -1.99. The van der Waals surface area contributed by atoms with Crippen molar-refractivity contribution in [2.45, 2.75) is 20.8 Å². The van der Waals surface area contributed by atoms with E-state index in [1.165, 1.54) is 5.56 Å². The van der Waals surface area contributed by atoms with Gasteiger partial charge in [0.25, 0.3) is 0 Å². The molecular formula is C18H21NO2. The minimum absolute atomic E-state index is 0.610. The van der Waals surface area contributed by atoms with Crippen LogP contribution in [0.3, 0.4) is 0 Å². The van der Waals surface area contributed by atoms with Gasteiger partial charge in [0.15, 0.2) is 11.5 Å². The van der Waals surface area contributed by atoms with Crippen molar-refractivity contribution in [3.05, 3.63) is 53.6 Å². The Hall–Kier alpha value is -2.29. The zero-order valence-electron chi connectivity index (χ0n) is 12.8. The molecule has 0 saturated carbocycles. The molecule has 2 aromatic rings. The zero-order chi connectivity index (χ0) is 15.1. The Balaban J connectivity index is 2.19. The number of hydrogen-bond donors (Lipinski definition) is 0. The molecule has 3 nitrogen and oxygen atoms in total. The lowest BCUT2D eigenvalue weighted by Gasteiger charge is -2.11. The molecule has 0 heterocycles. The van der Waals surface area contributed by atoms with E-state index in [1.54, 1.807) is 0 Å². The van der Waals surface area contributed by atoms with E-state index in [2.05, 4.69) is 24.0 Å². The summed E-state index contributed by atoms with van der Waals surface area (Å²) >= 11 is 0. The van der Waals surface area contributed by atoms with Gasteiger partial charge in [0.05, 0.1) is 18.9 Å². The molecule has 3 heteroatoms. The summed E-state index contributed by atoms with van der Waals surface area (Å²) in [6.07, 6.45) is 1.84. The van der Waals surface area contributed by atoms with Gasteiger partial charge in [-0.05, 0) is 56.7 Å². The minimum Gasteiger partial charge on any atom is -0.490 e. The number of benzene rings is 2. The standard InChI is InChI=1S/C18H21NO2/c1-4-20-17-11-8-15(12-18(17)21-5-2)13-19-16-9-6-14(3)7-10-16/h6-13H,4-5H2,1-3H3. The zero-order valence-corrected chi connectivity index (χ0v) is 12.8. The molecule has 2 aromatic carbocycles. The normalized spacial score (nSPS) is 10.8. The molecular weight excluding hydrogens is 262 g/mol. The number of aryl methyl sites for hydroxylation is 1. The second-order valence-electron chi connectivity index (χ2n) is 4.67. The number of rotatable bonds is 6. The fourth-order valence-electron chi connectivity index (χ4n) is 1.93. The minimum atomic E-state index is 0.610. The number of ether oxygens (including phenoxy) is 2. The number of aliphatic imine (C=N–C) groups is 1. The topological polar surface area (TPSA) is 30.8 Å². The van der Waals surface area contributed by atoms with Crippen molar-refractivity contribution in [2.75, 3.05) is 13.2 Å². The lowest BCUT2D eigenvalue weighted by atomic mass is 10.2. The molecule has 0 amide bonds. The Kier molecular flexibility index (Phi) is 5.38. The van der Waals surface area contributed by atoms with Crippen LogP contribution in [-0.2, 0) is 0 Å². The Bertz CT molecular complexity index is 603. The van der Waals surface area contributed by atoms with Crippen molar-refractivity contribution >= 4 is 11.9 Å². The summed E-state index contributed by atoms with van der Waals surface area (Å²) in [7, 11) is 0. The van der Waals surface area contributed by atoms with Gasteiger partial charge in [0, 0.05) is 6.21 Å². The van der Waals surface area contributed by atoms with Gasteiger partial charge in [-0.15, -0.1) is 0 Å². The van der Waals surface area contributed by atoms with Gasteiger partial charge in [-0.25, -0.2) is 0 Å². The van der Waals surface area contributed by atoms with Crippen LogP contribution in [0.15, 0.2) is 47.5 Å². The van der Waals surface area contributed by atoms with Gasteiger partial charge in [-0.2, -0.15) is 0 Å². The average molecular weight is 283 g/mol. The molecule has 0 N–H and O–H groups in total. The fourth-order valence-corrected chi connectivity index (χ4v) is 1.93. The SMILES string of the molecule is CCOc1ccc(C=Nc2ccc(C)cc2)cc1OCC. The second kappa shape index (κ2) is 7.48. The number of nitrogens with zero attached hydrogens (tertiary/aromatic N) is 1. The highest BCUT2D eigenvalue weighted by molar-refractivity contribution is 5.83. The molecule has 0 bridgehead atoms. The van der Waals surface area contributed by atoms with Crippen LogP contribution in [0.4, 0.5) is 5.69 Å². The van der Waals surface area contributed by atoms with Crippen LogP contribution in [0, 0.1) is 6.92 Å². The molecule has 110 valence electrons. The summed E-state index contributed by atoms with van der Waals surface area (Å²) in [4.78, 5) is 4.47. The Morgan fingerprint density at radius 2 is 1.57 bits per heavy atom. The first-order valence-corrected chi connectivity index (χ1v) is 7.23. The van der Waals surface area contributed by atoms with E-state index in [0.29, 0.717) is 13.2 Å². The molecule has 2 rings (SSSR count). The Morgan fingerprint density at radius 3 is 2.24 bits per heavy atom. The summed E-state index contributed by atoms with van der Waals surface area (Å²) < 4.78 is 11.2. The molecule has 0 fully saturated rings. The Labute approximate surface area is 126 Å². The van der Waals surface area contributed by atoms with Crippen LogP contribution in [0.25, 0.3) is 0 Å². The highest BCUT2D eigenvalue weighted by Gasteiger charge is 2.04. The first-order chi connectivity index (χ1) is 10.2. The molecule has 0 aliphatic heterocycles.